The zero-order valence-electron chi connectivity index (χ0n) is 14.1. The van der Waals surface area contributed by atoms with Crippen LogP contribution in [0.1, 0.15) is 53.0 Å². The van der Waals surface area contributed by atoms with Gasteiger partial charge in [0.05, 0.1) is 11.5 Å². The van der Waals surface area contributed by atoms with E-state index >= 15 is 0 Å². The molecular formula is C16H26N2O3S. The van der Waals surface area contributed by atoms with Gasteiger partial charge < -0.3 is 15.4 Å². The number of amides is 2. The van der Waals surface area contributed by atoms with Crippen LogP contribution in [-0.2, 0) is 9.53 Å². The summed E-state index contributed by atoms with van der Waals surface area (Å²) in [5, 5.41) is 9.56. The minimum atomic E-state index is -0.591. The largest absolute Gasteiger partial charge is 0.444 e. The molecule has 124 valence electrons. The molecule has 0 bridgehead atoms. The molecule has 6 heteroatoms. The van der Waals surface area contributed by atoms with Gasteiger partial charge in [-0.1, -0.05) is 0 Å². The average molecular weight is 326 g/mol. The van der Waals surface area contributed by atoms with Crippen molar-refractivity contribution >= 4 is 23.3 Å². The third-order valence-electron chi connectivity index (χ3n) is 2.98. The lowest BCUT2D eigenvalue weighted by molar-refractivity contribution is -0.122. The molecule has 0 saturated heterocycles. The maximum Gasteiger partial charge on any atom is 0.408 e. The minimum Gasteiger partial charge on any atom is -0.444 e. The van der Waals surface area contributed by atoms with Crippen LogP contribution < -0.4 is 10.6 Å². The van der Waals surface area contributed by atoms with Gasteiger partial charge in [-0.25, -0.2) is 4.79 Å². The van der Waals surface area contributed by atoms with Gasteiger partial charge in [0.25, 0.3) is 0 Å². The monoisotopic (exact) mass is 326 g/mol. The van der Waals surface area contributed by atoms with Crippen LogP contribution in [0.15, 0.2) is 16.8 Å². The van der Waals surface area contributed by atoms with E-state index in [0.29, 0.717) is 6.54 Å². The Balaban J connectivity index is 2.48. The van der Waals surface area contributed by atoms with Crippen LogP contribution in [0.5, 0.6) is 0 Å². The maximum absolute atomic E-state index is 12.2. The molecule has 1 heterocycles. The molecule has 0 aromatic carbocycles. The molecule has 22 heavy (non-hydrogen) atoms. The molecule has 0 radical (unpaired) electrons. The van der Waals surface area contributed by atoms with Crippen LogP contribution in [0.2, 0.25) is 0 Å². The molecule has 0 aliphatic heterocycles. The average Bonchev–Trinajstić information content (AvgIpc) is 2.85. The van der Waals surface area contributed by atoms with Gasteiger partial charge in [-0.15, -0.1) is 0 Å². The SMILES string of the molecule is C[C@@H](C(=O)NCC(C)(C)NC(=O)OC(C)(C)C)c1ccsc1. The summed E-state index contributed by atoms with van der Waals surface area (Å²) in [6, 6.07) is 1.94. The van der Waals surface area contributed by atoms with Crippen LogP contribution >= 0.6 is 11.3 Å². The molecule has 2 N–H and O–H groups in total. The first kappa shape index (κ1) is 18.5. The summed E-state index contributed by atoms with van der Waals surface area (Å²) in [4.78, 5) is 23.9. The van der Waals surface area contributed by atoms with E-state index in [1.54, 1.807) is 11.3 Å². The van der Waals surface area contributed by atoms with E-state index in [1.165, 1.54) is 0 Å². The third kappa shape index (κ3) is 6.47. The van der Waals surface area contributed by atoms with Crippen molar-refractivity contribution in [2.75, 3.05) is 6.54 Å². The lowest BCUT2D eigenvalue weighted by Gasteiger charge is -2.29. The highest BCUT2D eigenvalue weighted by atomic mass is 32.1. The van der Waals surface area contributed by atoms with Gasteiger partial charge in [-0.2, -0.15) is 11.3 Å². The zero-order valence-corrected chi connectivity index (χ0v) is 15.0. The van der Waals surface area contributed by atoms with E-state index in [1.807, 2.05) is 58.4 Å². The van der Waals surface area contributed by atoms with Gasteiger partial charge in [0.1, 0.15) is 5.60 Å². The Morgan fingerprint density at radius 2 is 1.91 bits per heavy atom. The lowest BCUT2D eigenvalue weighted by Crippen LogP contribution is -2.52. The molecule has 0 spiro atoms. The number of carbonyl (C=O) groups excluding carboxylic acids is 2. The molecule has 1 aromatic heterocycles. The smallest absolute Gasteiger partial charge is 0.408 e. The molecule has 5 nitrogen and oxygen atoms in total. The molecule has 0 saturated carbocycles. The molecule has 1 atom stereocenters. The zero-order chi connectivity index (χ0) is 17.0. The number of hydrogen-bond donors (Lipinski definition) is 2. The van der Waals surface area contributed by atoms with E-state index in [4.69, 9.17) is 4.74 Å². The van der Waals surface area contributed by atoms with Crippen molar-refractivity contribution in [3.63, 3.8) is 0 Å². The van der Waals surface area contributed by atoms with E-state index < -0.39 is 17.2 Å². The van der Waals surface area contributed by atoms with E-state index in [2.05, 4.69) is 10.6 Å². The summed E-state index contributed by atoms with van der Waals surface area (Å²) in [5.74, 6) is -0.263. The number of nitrogens with one attached hydrogen (secondary N) is 2. The summed E-state index contributed by atoms with van der Waals surface area (Å²) < 4.78 is 5.23. The van der Waals surface area contributed by atoms with Gasteiger partial charge in [0.2, 0.25) is 5.91 Å². The molecule has 0 aliphatic rings. The Hall–Kier alpha value is -1.56. The predicted molar refractivity (Wildman–Crippen MR) is 89.2 cm³/mol. The molecule has 0 fully saturated rings. The van der Waals surface area contributed by atoms with Crippen molar-refractivity contribution in [3.05, 3.63) is 22.4 Å². The molecule has 2 amide bonds. The fraction of sp³-hybridized carbons (Fsp3) is 0.625. The van der Waals surface area contributed by atoms with Gasteiger partial charge in [-0.3, -0.25) is 4.79 Å². The molecular weight excluding hydrogens is 300 g/mol. The minimum absolute atomic E-state index is 0.0579. The predicted octanol–water partition coefficient (Wildman–Crippen LogP) is 3.27. The summed E-state index contributed by atoms with van der Waals surface area (Å²) >= 11 is 1.57. The standard InChI is InChI=1S/C16H26N2O3S/c1-11(12-7-8-22-9-12)13(19)17-10-16(5,6)18-14(20)21-15(2,3)4/h7-9,11H,10H2,1-6H3,(H,17,19)(H,18,20)/t11-/m1/s1. The van der Waals surface area contributed by atoms with E-state index in [0.717, 1.165) is 5.56 Å². The number of thiophene rings is 1. The number of alkyl carbamates (subject to hydrolysis) is 1. The third-order valence-corrected chi connectivity index (χ3v) is 3.68. The van der Waals surface area contributed by atoms with Crippen molar-refractivity contribution in [3.8, 4) is 0 Å². The van der Waals surface area contributed by atoms with Crippen molar-refractivity contribution in [2.45, 2.75) is 58.6 Å². The fourth-order valence-electron chi connectivity index (χ4n) is 1.76. The topological polar surface area (TPSA) is 67.4 Å². The van der Waals surface area contributed by atoms with Crippen molar-refractivity contribution < 1.29 is 14.3 Å². The fourth-order valence-corrected chi connectivity index (χ4v) is 2.51. The first-order chi connectivity index (χ1) is 10.0. The molecule has 0 unspecified atom stereocenters. The normalized spacial score (nSPS) is 13.4. The second kappa shape index (κ2) is 7.13. The Kier molecular flexibility index (Phi) is 6.00. The first-order valence-corrected chi connectivity index (χ1v) is 8.25. The van der Waals surface area contributed by atoms with Crippen molar-refractivity contribution in [1.29, 1.82) is 0 Å². The van der Waals surface area contributed by atoms with E-state index in [9.17, 15) is 9.59 Å². The molecule has 0 aliphatic carbocycles. The highest BCUT2D eigenvalue weighted by molar-refractivity contribution is 7.08. The van der Waals surface area contributed by atoms with Gasteiger partial charge >= 0.3 is 6.09 Å². The van der Waals surface area contributed by atoms with Gasteiger partial charge in [-0.05, 0) is 63.9 Å². The number of hydrogen-bond acceptors (Lipinski definition) is 4. The van der Waals surface area contributed by atoms with Crippen LogP contribution in [-0.4, -0.2) is 29.7 Å². The number of rotatable bonds is 5. The highest BCUT2D eigenvalue weighted by Gasteiger charge is 2.26. The van der Waals surface area contributed by atoms with Crippen LogP contribution in [0, 0.1) is 0 Å². The Bertz CT molecular complexity index is 504. The molecule has 1 aromatic rings. The number of carbonyl (C=O) groups is 2. The van der Waals surface area contributed by atoms with Crippen LogP contribution in [0.4, 0.5) is 4.79 Å². The Morgan fingerprint density at radius 1 is 1.27 bits per heavy atom. The quantitative estimate of drug-likeness (QED) is 0.872. The number of ether oxygens (including phenoxy) is 1. The second-order valence-corrected chi connectivity index (χ2v) is 7.79. The van der Waals surface area contributed by atoms with Crippen LogP contribution in [0.25, 0.3) is 0 Å². The van der Waals surface area contributed by atoms with E-state index in [-0.39, 0.29) is 11.8 Å². The summed E-state index contributed by atoms with van der Waals surface area (Å²) in [5.41, 5.74) is -0.135. The van der Waals surface area contributed by atoms with Gasteiger partial charge in [0, 0.05) is 6.54 Å². The maximum atomic E-state index is 12.2. The van der Waals surface area contributed by atoms with Gasteiger partial charge in [0.15, 0.2) is 0 Å². The Morgan fingerprint density at radius 3 is 2.41 bits per heavy atom. The summed E-state index contributed by atoms with van der Waals surface area (Å²) in [7, 11) is 0. The second-order valence-electron chi connectivity index (χ2n) is 7.01. The lowest BCUT2D eigenvalue weighted by atomic mass is 10.0. The Labute approximate surface area is 136 Å². The first-order valence-electron chi connectivity index (χ1n) is 7.31. The highest BCUT2D eigenvalue weighted by Crippen LogP contribution is 2.18. The summed E-state index contributed by atoms with van der Waals surface area (Å²) in [6.45, 7) is 11.3. The molecule has 1 rings (SSSR count). The van der Waals surface area contributed by atoms with Crippen LogP contribution in [0.3, 0.4) is 0 Å². The van der Waals surface area contributed by atoms with Crippen molar-refractivity contribution in [1.82, 2.24) is 10.6 Å². The van der Waals surface area contributed by atoms with Crippen molar-refractivity contribution in [2.24, 2.45) is 0 Å². The summed E-state index contributed by atoms with van der Waals surface area (Å²) in [6.07, 6.45) is -0.488.